The van der Waals surface area contributed by atoms with Crippen molar-refractivity contribution in [2.24, 2.45) is 0 Å². The molecule has 0 aliphatic rings. The van der Waals surface area contributed by atoms with Crippen LogP contribution in [-0.2, 0) is 13.0 Å². The topological polar surface area (TPSA) is 66.9 Å². The van der Waals surface area contributed by atoms with Crippen molar-refractivity contribution in [1.29, 1.82) is 0 Å². The summed E-state index contributed by atoms with van der Waals surface area (Å²) in [4.78, 5) is 12.2. The molecule has 0 fully saturated rings. The number of nitrogens with one attached hydrogen (secondary N) is 2. The largest absolute Gasteiger partial charge is 0.369 e. The van der Waals surface area contributed by atoms with Gasteiger partial charge < -0.3 is 10.6 Å². The number of nitrogens with zero attached hydrogens (tertiary/aromatic N) is 2. The number of carbonyl (C=O) groups is 1. The van der Waals surface area contributed by atoms with Crippen LogP contribution in [0.2, 0.25) is 0 Å². The second-order valence-corrected chi connectivity index (χ2v) is 6.49. The van der Waals surface area contributed by atoms with Crippen LogP contribution in [0.4, 0.5) is 5.82 Å². The molecule has 3 rings (SSSR count). The Balaban J connectivity index is 1.42. The molecule has 0 aliphatic heterocycles. The molecule has 0 radical (unpaired) electrons. The van der Waals surface area contributed by atoms with Crippen molar-refractivity contribution in [1.82, 2.24) is 15.5 Å². The van der Waals surface area contributed by atoms with Crippen LogP contribution >= 0.6 is 0 Å². The molecule has 5 nitrogen and oxygen atoms in total. The normalized spacial score (nSPS) is 10.4. The molecule has 138 valence electrons. The Morgan fingerprint density at radius 3 is 2.37 bits per heavy atom. The zero-order valence-electron chi connectivity index (χ0n) is 15.5. The van der Waals surface area contributed by atoms with Crippen LogP contribution in [0, 0.1) is 6.92 Å². The number of carbonyl (C=O) groups excluding carboxylic acids is 1. The zero-order valence-corrected chi connectivity index (χ0v) is 15.5. The summed E-state index contributed by atoms with van der Waals surface area (Å²) in [5.74, 6) is 0.455. The third-order valence-electron chi connectivity index (χ3n) is 4.26. The zero-order chi connectivity index (χ0) is 18.9. The quantitative estimate of drug-likeness (QED) is 0.600. The predicted octanol–water partition coefficient (Wildman–Crippen LogP) is 3.76. The molecular formula is C22H24N4O. The van der Waals surface area contributed by atoms with Gasteiger partial charge in [-0.25, -0.2) is 0 Å². The maximum atomic E-state index is 12.2. The molecule has 0 unspecified atom stereocenters. The summed E-state index contributed by atoms with van der Waals surface area (Å²) in [6.07, 6.45) is 2.02. The predicted molar refractivity (Wildman–Crippen MR) is 108 cm³/mol. The highest BCUT2D eigenvalue weighted by molar-refractivity contribution is 5.92. The summed E-state index contributed by atoms with van der Waals surface area (Å²) in [7, 11) is 0. The lowest BCUT2D eigenvalue weighted by Gasteiger charge is -2.07. The molecule has 1 amide bonds. The number of hydrogen-bond donors (Lipinski definition) is 2. The van der Waals surface area contributed by atoms with E-state index < -0.39 is 0 Å². The van der Waals surface area contributed by atoms with Crippen molar-refractivity contribution in [3.8, 4) is 0 Å². The van der Waals surface area contributed by atoms with Gasteiger partial charge in [-0.1, -0.05) is 60.2 Å². The molecule has 0 saturated heterocycles. The molecule has 2 N–H and O–H groups in total. The standard InChI is InChI=1S/C22H24N4O/c1-17-9-11-19(12-10-17)16-24-22(27)20-13-14-21(26-25-20)23-15-5-8-18-6-3-2-4-7-18/h2-4,6-7,9-14H,5,8,15-16H2,1H3,(H,23,26)(H,24,27). The number of anilines is 1. The Bertz CT molecular complexity index is 846. The van der Waals surface area contributed by atoms with Gasteiger partial charge in [0.2, 0.25) is 0 Å². The fraction of sp³-hybridized carbons (Fsp3) is 0.227. The van der Waals surface area contributed by atoms with E-state index in [1.807, 2.05) is 37.3 Å². The first kappa shape index (κ1) is 18.6. The summed E-state index contributed by atoms with van der Waals surface area (Å²) >= 11 is 0. The maximum Gasteiger partial charge on any atom is 0.272 e. The minimum absolute atomic E-state index is 0.223. The van der Waals surface area contributed by atoms with E-state index in [9.17, 15) is 4.79 Å². The lowest BCUT2D eigenvalue weighted by atomic mass is 10.1. The van der Waals surface area contributed by atoms with Crippen molar-refractivity contribution in [2.75, 3.05) is 11.9 Å². The number of hydrogen-bond acceptors (Lipinski definition) is 4. The van der Waals surface area contributed by atoms with Crippen LogP contribution < -0.4 is 10.6 Å². The molecule has 0 saturated carbocycles. The van der Waals surface area contributed by atoms with Crippen LogP contribution in [0.25, 0.3) is 0 Å². The van der Waals surface area contributed by atoms with Gasteiger partial charge in [0, 0.05) is 13.1 Å². The Morgan fingerprint density at radius 2 is 1.67 bits per heavy atom. The molecule has 1 heterocycles. The van der Waals surface area contributed by atoms with Crippen molar-refractivity contribution in [3.63, 3.8) is 0 Å². The van der Waals surface area contributed by atoms with Gasteiger partial charge in [-0.05, 0) is 43.0 Å². The molecule has 2 aromatic carbocycles. The fourth-order valence-electron chi connectivity index (χ4n) is 2.68. The van der Waals surface area contributed by atoms with Crippen molar-refractivity contribution in [3.05, 3.63) is 89.1 Å². The third-order valence-corrected chi connectivity index (χ3v) is 4.26. The highest BCUT2D eigenvalue weighted by atomic mass is 16.1. The lowest BCUT2D eigenvalue weighted by Crippen LogP contribution is -2.24. The van der Waals surface area contributed by atoms with Crippen LogP contribution in [0.15, 0.2) is 66.7 Å². The monoisotopic (exact) mass is 360 g/mol. The molecule has 0 bridgehead atoms. The van der Waals surface area contributed by atoms with Gasteiger partial charge >= 0.3 is 0 Å². The minimum atomic E-state index is -0.223. The van der Waals surface area contributed by atoms with E-state index in [-0.39, 0.29) is 5.91 Å². The second kappa shape index (κ2) is 9.48. The minimum Gasteiger partial charge on any atom is -0.369 e. The van der Waals surface area contributed by atoms with Gasteiger partial charge in [-0.3, -0.25) is 4.79 Å². The Kier molecular flexibility index (Phi) is 6.52. The van der Waals surface area contributed by atoms with Crippen molar-refractivity contribution >= 4 is 11.7 Å². The second-order valence-electron chi connectivity index (χ2n) is 6.49. The number of amides is 1. The molecule has 5 heteroatoms. The first-order chi connectivity index (χ1) is 13.2. The molecule has 3 aromatic rings. The van der Waals surface area contributed by atoms with Crippen LogP contribution in [0.1, 0.15) is 33.6 Å². The van der Waals surface area contributed by atoms with E-state index in [0.717, 1.165) is 24.9 Å². The van der Waals surface area contributed by atoms with E-state index in [4.69, 9.17) is 0 Å². The number of aryl methyl sites for hydroxylation is 2. The fourth-order valence-corrected chi connectivity index (χ4v) is 2.68. The van der Waals surface area contributed by atoms with Crippen LogP contribution in [-0.4, -0.2) is 22.6 Å². The van der Waals surface area contributed by atoms with Crippen LogP contribution in [0.3, 0.4) is 0 Å². The van der Waals surface area contributed by atoms with Gasteiger partial charge in [0.25, 0.3) is 5.91 Å². The third kappa shape index (κ3) is 5.92. The molecule has 0 atom stereocenters. The van der Waals surface area contributed by atoms with E-state index in [2.05, 4.69) is 45.1 Å². The van der Waals surface area contributed by atoms with Crippen molar-refractivity contribution in [2.45, 2.75) is 26.3 Å². The number of aromatic nitrogens is 2. The van der Waals surface area contributed by atoms with E-state index in [1.165, 1.54) is 11.1 Å². The van der Waals surface area contributed by atoms with Gasteiger partial charge in [-0.15, -0.1) is 10.2 Å². The first-order valence-corrected chi connectivity index (χ1v) is 9.16. The summed E-state index contributed by atoms with van der Waals surface area (Å²) < 4.78 is 0. The summed E-state index contributed by atoms with van der Waals surface area (Å²) in [6, 6.07) is 21.9. The van der Waals surface area contributed by atoms with Gasteiger partial charge in [0.1, 0.15) is 5.82 Å². The number of benzene rings is 2. The van der Waals surface area contributed by atoms with Gasteiger partial charge in [-0.2, -0.15) is 0 Å². The highest BCUT2D eigenvalue weighted by Gasteiger charge is 2.08. The van der Waals surface area contributed by atoms with Crippen molar-refractivity contribution < 1.29 is 4.79 Å². The Labute approximate surface area is 159 Å². The maximum absolute atomic E-state index is 12.2. The van der Waals surface area contributed by atoms with Gasteiger partial charge in [0.05, 0.1) is 0 Å². The smallest absolute Gasteiger partial charge is 0.272 e. The molecule has 0 spiro atoms. The number of rotatable bonds is 8. The molecular weight excluding hydrogens is 336 g/mol. The van der Waals surface area contributed by atoms with Gasteiger partial charge in [0.15, 0.2) is 5.69 Å². The Morgan fingerprint density at radius 1 is 0.889 bits per heavy atom. The average molecular weight is 360 g/mol. The first-order valence-electron chi connectivity index (χ1n) is 9.16. The summed E-state index contributed by atoms with van der Waals surface area (Å²) in [6.45, 7) is 3.32. The Hall–Kier alpha value is -3.21. The molecule has 27 heavy (non-hydrogen) atoms. The van der Waals surface area contributed by atoms with Crippen LogP contribution in [0.5, 0.6) is 0 Å². The molecule has 1 aromatic heterocycles. The summed E-state index contributed by atoms with van der Waals surface area (Å²) in [5, 5.41) is 14.2. The highest BCUT2D eigenvalue weighted by Crippen LogP contribution is 2.06. The SMILES string of the molecule is Cc1ccc(CNC(=O)c2ccc(NCCCc3ccccc3)nn2)cc1. The van der Waals surface area contributed by atoms with E-state index in [1.54, 1.807) is 12.1 Å². The average Bonchev–Trinajstić information content (AvgIpc) is 2.72. The lowest BCUT2D eigenvalue weighted by molar-refractivity contribution is 0.0945. The van der Waals surface area contributed by atoms with E-state index >= 15 is 0 Å². The van der Waals surface area contributed by atoms with E-state index in [0.29, 0.717) is 18.1 Å². The molecule has 0 aliphatic carbocycles. The summed E-state index contributed by atoms with van der Waals surface area (Å²) in [5.41, 5.74) is 3.89.